The van der Waals surface area contributed by atoms with E-state index >= 15 is 0 Å². The Morgan fingerprint density at radius 2 is 1.86 bits per heavy atom. The van der Waals surface area contributed by atoms with Crippen molar-refractivity contribution < 1.29 is 23.5 Å². The highest BCUT2D eigenvalue weighted by molar-refractivity contribution is 6.30. The van der Waals surface area contributed by atoms with Crippen molar-refractivity contribution in [1.29, 1.82) is 0 Å². The highest BCUT2D eigenvalue weighted by atomic mass is 35.5. The third kappa shape index (κ3) is 3.50. The predicted octanol–water partition coefficient (Wildman–Crippen LogP) is 2.60. The molecule has 1 aliphatic carbocycles. The quantitative estimate of drug-likeness (QED) is 0.847. The Balaban J connectivity index is 2.11. The SMILES string of the molecule is O=C(O)C(CC(F)F)NC(=O)C1(c2ccc(Cl)cc2)CC1. The number of nitrogens with one attached hydrogen (secondary N) is 1. The lowest BCUT2D eigenvalue weighted by Gasteiger charge is -2.20. The topological polar surface area (TPSA) is 66.4 Å². The molecule has 4 nitrogen and oxygen atoms in total. The Hall–Kier alpha value is -1.69. The van der Waals surface area contributed by atoms with Crippen molar-refractivity contribution in [2.45, 2.75) is 37.1 Å². The van der Waals surface area contributed by atoms with Crippen LogP contribution in [0, 0.1) is 0 Å². The molecule has 1 unspecified atom stereocenters. The van der Waals surface area contributed by atoms with Gasteiger partial charge < -0.3 is 10.4 Å². The molecule has 0 aromatic heterocycles. The second kappa shape index (κ2) is 5.97. The largest absolute Gasteiger partial charge is 0.480 e. The van der Waals surface area contributed by atoms with E-state index < -0.39 is 36.2 Å². The monoisotopic (exact) mass is 317 g/mol. The van der Waals surface area contributed by atoms with Crippen molar-refractivity contribution in [3.8, 4) is 0 Å². The molecular formula is C14H14ClF2NO3. The maximum atomic E-state index is 12.3. The van der Waals surface area contributed by atoms with Crippen molar-refractivity contribution in [2.24, 2.45) is 0 Å². The fourth-order valence-electron chi connectivity index (χ4n) is 2.24. The van der Waals surface area contributed by atoms with Gasteiger partial charge in [-0.3, -0.25) is 4.79 Å². The summed E-state index contributed by atoms with van der Waals surface area (Å²) in [6.07, 6.45) is -2.59. The number of carbonyl (C=O) groups is 2. The van der Waals surface area contributed by atoms with E-state index in [1.807, 2.05) is 0 Å². The van der Waals surface area contributed by atoms with Gasteiger partial charge in [0.2, 0.25) is 12.3 Å². The van der Waals surface area contributed by atoms with Crippen LogP contribution in [0.1, 0.15) is 24.8 Å². The first-order valence-electron chi connectivity index (χ1n) is 6.43. The third-order valence-electron chi connectivity index (χ3n) is 3.60. The van der Waals surface area contributed by atoms with E-state index in [0.29, 0.717) is 23.4 Å². The number of aliphatic carboxylic acids is 1. The van der Waals surface area contributed by atoms with Gasteiger partial charge in [-0.05, 0) is 30.5 Å². The van der Waals surface area contributed by atoms with Crippen molar-refractivity contribution in [2.75, 3.05) is 0 Å². The lowest BCUT2D eigenvalue weighted by atomic mass is 9.94. The zero-order valence-corrected chi connectivity index (χ0v) is 11.7. The van der Waals surface area contributed by atoms with Gasteiger partial charge in [0.05, 0.1) is 5.41 Å². The van der Waals surface area contributed by atoms with E-state index in [-0.39, 0.29) is 0 Å². The molecule has 0 heterocycles. The summed E-state index contributed by atoms with van der Waals surface area (Å²) in [4.78, 5) is 23.2. The minimum atomic E-state index is -2.79. The van der Waals surface area contributed by atoms with Gasteiger partial charge in [-0.15, -0.1) is 0 Å². The van der Waals surface area contributed by atoms with Crippen LogP contribution >= 0.6 is 11.6 Å². The molecule has 21 heavy (non-hydrogen) atoms. The van der Waals surface area contributed by atoms with Gasteiger partial charge in [0.1, 0.15) is 6.04 Å². The summed E-state index contributed by atoms with van der Waals surface area (Å²) in [5, 5.41) is 11.6. The number of halogens is 3. The molecule has 1 saturated carbocycles. The van der Waals surface area contributed by atoms with Crippen LogP contribution in [0.3, 0.4) is 0 Å². The second-order valence-corrected chi connectivity index (χ2v) is 5.52. The fraction of sp³-hybridized carbons (Fsp3) is 0.429. The highest BCUT2D eigenvalue weighted by Gasteiger charge is 2.52. The van der Waals surface area contributed by atoms with Gasteiger partial charge in [-0.1, -0.05) is 23.7 Å². The summed E-state index contributed by atoms with van der Waals surface area (Å²) in [7, 11) is 0. The smallest absolute Gasteiger partial charge is 0.326 e. The van der Waals surface area contributed by atoms with Gasteiger partial charge in [-0.2, -0.15) is 0 Å². The van der Waals surface area contributed by atoms with Crippen LogP contribution in [0.4, 0.5) is 8.78 Å². The Labute approximate surface area is 125 Å². The minimum absolute atomic E-state index is 0.524. The summed E-state index contributed by atoms with van der Waals surface area (Å²) in [5.41, 5.74) is -0.106. The van der Waals surface area contributed by atoms with Crippen LogP contribution in [0.15, 0.2) is 24.3 Å². The molecule has 114 valence electrons. The van der Waals surface area contributed by atoms with E-state index in [0.717, 1.165) is 0 Å². The van der Waals surface area contributed by atoms with Crippen LogP contribution in [-0.4, -0.2) is 29.5 Å². The molecule has 1 fully saturated rings. The average molecular weight is 318 g/mol. The minimum Gasteiger partial charge on any atom is -0.480 e. The molecule has 0 aliphatic heterocycles. The highest BCUT2D eigenvalue weighted by Crippen LogP contribution is 2.48. The number of hydrogen-bond acceptors (Lipinski definition) is 2. The van der Waals surface area contributed by atoms with Gasteiger partial charge in [0.25, 0.3) is 0 Å². The summed E-state index contributed by atoms with van der Waals surface area (Å²) >= 11 is 5.78. The first-order valence-corrected chi connectivity index (χ1v) is 6.81. The number of amides is 1. The van der Waals surface area contributed by atoms with E-state index in [9.17, 15) is 18.4 Å². The first-order chi connectivity index (χ1) is 9.85. The number of alkyl halides is 2. The molecule has 0 saturated heterocycles. The summed E-state index contributed by atoms with van der Waals surface area (Å²) < 4.78 is 24.7. The molecule has 1 amide bonds. The summed E-state index contributed by atoms with van der Waals surface area (Å²) in [6.45, 7) is 0. The van der Waals surface area contributed by atoms with Crippen molar-refractivity contribution >= 4 is 23.5 Å². The van der Waals surface area contributed by atoms with Crippen molar-refractivity contribution in [1.82, 2.24) is 5.32 Å². The molecule has 2 rings (SSSR count). The Morgan fingerprint density at radius 3 is 2.29 bits per heavy atom. The van der Waals surface area contributed by atoms with Crippen LogP contribution in [-0.2, 0) is 15.0 Å². The maximum Gasteiger partial charge on any atom is 0.326 e. The first kappa shape index (κ1) is 15.7. The molecule has 1 aromatic rings. The second-order valence-electron chi connectivity index (χ2n) is 5.08. The average Bonchev–Trinajstić information content (AvgIpc) is 3.19. The van der Waals surface area contributed by atoms with E-state index in [2.05, 4.69) is 5.32 Å². The fourth-order valence-corrected chi connectivity index (χ4v) is 2.36. The normalized spacial score (nSPS) is 17.3. The zero-order valence-electron chi connectivity index (χ0n) is 11.0. The number of carboxylic acid groups (broad SMARTS) is 1. The van der Waals surface area contributed by atoms with Crippen molar-refractivity contribution in [3.05, 3.63) is 34.9 Å². The molecule has 1 aromatic carbocycles. The van der Waals surface area contributed by atoms with Gasteiger partial charge >= 0.3 is 5.97 Å². The van der Waals surface area contributed by atoms with E-state index in [1.54, 1.807) is 24.3 Å². The molecule has 2 N–H and O–H groups in total. The predicted molar refractivity (Wildman–Crippen MR) is 72.6 cm³/mol. The number of rotatable bonds is 6. The number of carboxylic acids is 1. The third-order valence-corrected chi connectivity index (χ3v) is 3.85. The lowest BCUT2D eigenvalue weighted by molar-refractivity contribution is -0.143. The molecular weight excluding hydrogens is 304 g/mol. The molecule has 1 aliphatic rings. The molecule has 0 bridgehead atoms. The number of benzene rings is 1. The van der Waals surface area contributed by atoms with E-state index in [4.69, 9.17) is 16.7 Å². The molecule has 1 atom stereocenters. The van der Waals surface area contributed by atoms with Gasteiger partial charge in [0.15, 0.2) is 0 Å². The molecule has 0 spiro atoms. The lowest BCUT2D eigenvalue weighted by Crippen LogP contribution is -2.46. The van der Waals surface area contributed by atoms with Gasteiger partial charge in [-0.25, -0.2) is 13.6 Å². The zero-order chi connectivity index (χ0) is 15.6. The Morgan fingerprint density at radius 1 is 1.29 bits per heavy atom. The number of hydrogen-bond donors (Lipinski definition) is 2. The van der Waals surface area contributed by atoms with Crippen LogP contribution < -0.4 is 5.32 Å². The van der Waals surface area contributed by atoms with Crippen LogP contribution in [0.5, 0.6) is 0 Å². The van der Waals surface area contributed by atoms with E-state index in [1.165, 1.54) is 0 Å². The molecule has 0 radical (unpaired) electrons. The standard InChI is InChI=1S/C14H14ClF2NO3/c15-9-3-1-8(2-4-9)14(5-6-14)13(21)18-10(12(19)20)7-11(16)17/h1-4,10-11H,5-7H2,(H,18,21)(H,19,20). The Kier molecular flexibility index (Phi) is 4.46. The molecule has 7 heteroatoms. The maximum absolute atomic E-state index is 12.3. The summed E-state index contributed by atoms with van der Waals surface area (Å²) in [5.74, 6) is -1.99. The van der Waals surface area contributed by atoms with Crippen molar-refractivity contribution in [3.63, 3.8) is 0 Å². The Bertz CT molecular complexity index is 544. The van der Waals surface area contributed by atoms with Crippen LogP contribution in [0.2, 0.25) is 5.02 Å². The van der Waals surface area contributed by atoms with Gasteiger partial charge in [0, 0.05) is 11.4 Å². The number of carbonyl (C=O) groups excluding carboxylic acids is 1. The van der Waals surface area contributed by atoms with Crippen LogP contribution in [0.25, 0.3) is 0 Å². The summed E-state index contributed by atoms with van der Waals surface area (Å²) in [6, 6.07) is 5.08.